The van der Waals surface area contributed by atoms with Gasteiger partial charge in [-0.05, 0) is 48.5 Å². The number of hydrogen-bond acceptors (Lipinski definition) is 5. The normalized spacial score (nSPS) is 15.0. The highest BCUT2D eigenvalue weighted by Crippen LogP contribution is 2.21. The lowest BCUT2D eigenvalue weighted by molar-refractivity contribution is 0.0746. The molecular weight excluding hydrogens is 352 g/mol. The summed E-state index contributed by atoms with van der Waals surface area (Å²) in [6, 6.07) is 14.0. The Labute approximate surface area is 153 Å². The monoisotopic (exact) mass is 374 g/mol. The molecule has 2 aromatic rings. The van der Waals surface area contributed by atoms with Gasteiger partial charge in [-0.3, -0.25) is 4.79 Å². The highest BCUT2D eigenvalue weighted by molar-refractivity contribution is 7.90. The molecule has 0 atom stereocenters. The predicted octanol–water partition coefficient (Wildman–Crippen LogP) is 2.06. The molecule has 6 nitrogen and oxygen atoms in total. The van der Waals surface area contributed by atoms with Crippen molar-refractivity contribution in [3.63, 3.8) is 0 Å². The van der Waals surface area contributed by atoms with Crippen LogP contribution < -0.4 is 9.64 Å². The summed E-state index contributed by atoms with van der Waals surface area (Å²) in [6.07, 6.45) is 1.15. The van der Waals surface area contributed by atoms with Crippen LogP contribution in [0.1, 0.15) is 10.4 Å². The molecule has 3 rings (SSSR count). The maximum absolute atomic E-state index is 12.6. The van der Waals surface area contributed by atoms with Crippen molar-refractivity contribution in [2.45, 2.75) is 4.90 Å². The van der Waals surface area contributed by atoms with Crippen LogP contribution in [0.25, 0.3) is 0 Å². The summed E-state index contributed by atoms with van der Waals surface area (Å²) in [5, 5.41) is 0. The average molecular weight is 374 g/mol. The third-order valence-electron chi connectivity index (χ3n) is 4.53. The number of methoxy groups -OCH3 is 1. The molecule has 0 aliphatic carbocycles. The molecule has 7 heteroatoms. The first-order chi connectivity index (χ1) is 12.4. The molecule has 26 heavy (non-hydrogen) atoms. The number of benzene rings is 2. The molecule has 1 saturated heterocycles. The summed E-state index contributed by atoms with van der Waals surface area (Å²) >= 11 is 0. The van der Waals surface area contributed by atoms with E-state index in [1.807, 2.05) is 24.3 Å². The van der Waals surface area contributed by atoms with Crippen molar-refractivity contribution in [2.24, 2.45) is 0 Å². The molecule has 138 valence electrons. The highest BCUT2D eigenvalue weighted by atomic mass is 32.2. The smallest absolute Gasteiger partial charge is 0.253 e. The fraction of sp³-hybridized carbons (Fsp3) is 0.316. The van der Waals surface area contributed by atoms with E-state index in [1.165, 1.54) is 12.1 Å². The largest absolute Gasteiger partial charge is 0.497 e. The van der Waals surface area contributed by atoms with Crippen molar-refractivity contribution >= 4 is 21.4 Å². The van der Waals surface area contributed by atoms with Crippen molar-refractivity contribution < 1.29 is 17.9 Å². The van der Waals surface area contributed by atoms with Gasteiger partial charge in [0.2, 0.25) is 0 Å². The molecule has 0 unspecified atom stereocenters. The number of ether oxygens (including phenoxy) is 1. The van der Waals surface area contributed by atoms with E-state index in [9.17, 15) is 13.2 Å². The lowest BCUT2D eigenvalue weighted by Gasteiger charge is -2.36. The molecule has 1 aliphatic heterocycles. The second kappa shape index (κ2) is 7.37. The molecule has 0 spiro atoms. The fourth-order valence-electron chi connectivity index (χ4n) is 2.99. The minimum absolute atomic E-state index is 0.0700. The summed E-state index contributed by atoms with van der Waals surface area (Å²) in [6.45, 7) is 2.75. The Kier molecular flexibility index (Phi) is 5.18. The van der Waals surface area contributed by atoms with Gasteiger partial charge in [-0.25, -0.2) is 8.42 Å². The fourth-order valence-corrected chi connectivity index (χ4v) is 3.62. The number of carbonyl (C=O) groups excluding carboxylic acids is 1. The van der Waals surface area contributed by atoms with Gasteiger partial charge >= 0.3 is 0 Å². The maximum Gasteiger partial charge on any atom is 0.253 e. The molecule has 0 radical (unpaired) electrons. The van der Waals surface area contributed by atoms with Gasteiger partial charge in [0.05, 0.1) is 12.0 Å². The molecule has 1 aliphatic rings. The molecule has 0 N–H and O–H groups in total. The molecule has 0 aromatic heterocycles. The van der Waals surface area contributed by atoms with Gasteiger partial charge in [-0.1, -0.05) is 0 Å². The number of anilines is 1. The third kappa shape index (κ3) is 3.99. The Morgan fingerprint density at radius 2 is 1.50 bits per heavy atom. The summed E-state index contributed by atoms with van der Waals surface area (Å²) in [7, 11) is -1.61. The third-order valence-corrected chi connectivity index (χ3v) is 5.66. The van der Waals surface area contributed by atoms with Gasteiger partial charge in [0.15, 0.2) is 9.84 Å². The lowest BCUT2D eigenvalue weighted by Crippen LogP contribution is -2.48. The zero-order valence-corrected chi connectivity index (χ0v) is 15.7. The second-order valence-corrected chi connectivity index (χ2v) is 8.29. The first kappa shape index (κ1) is 18.3. The maximum atomic E-state index is 12.6. The van der Waals surface area contributed by atoms with E-state index in [-0.39, 0.29) is 10.8 Å². The van der Waals surface area contributed by atoms with Crippen LogP contribution in [0.5, 0.6) is 5.75 Å². The number of piperazine rings is 1. The molecule has 0 saturated carbocycles. The SMILES string of the molecule is COc1ccc(N2CCN(C(=O)c3ccc(S(C)(=O)=O)cc3)CC2)cc1. The Balaban J connectivity index is 1.62. The summed E-state index contributed by atoms with van der Waals surface area (Å²) in [5.41, 5.74) is 1.62. The van der Waals surface area contributed by atoms with Gasteiger partial charge in [-0.2, -0.15) is 0 Å². The zero-order chi connectivity index (χ0) is 18.7. The van der Waals surface area contributed by atoms with Crippen molar-refractivity contribution in [3.8, 4) is 5.75 Å². The number of rotatable bonds is 4. The van der Waals surface area contributed by atoms with E-state index in [4.69, 9.17) is 4.74 Å². The van der Waals surface area contributed by atoms with E-state index in [0.717, 1.165) is 30.8 Å². The van der Waals surface area contributed by atoms with E-state index < -0.39 is 9.84 Å². The number of nitrogens with zero attached hydrogens (tertiary/aromatic N) is 2. The number of amides is 1. The van der Waals surface area contributed by atoms with E-state index in [2.05, 4.69) is 4.90 Å². The molecule has 2 aromatic carbocycles. The van der Waals surface area contributed by atoms with Gasteiger partial charge < -0.3 is 14.5 Å². The standard InChI is InChI=1S/C19H22N2O4S/c1-25-17-7-5-16(6-8-17)20-11-13-21(14-12-20)19(22)15-3-9-18(10-4-15)26(2,23)24/h3-10H,11-14H2,1-2H3. The number of sulfone groups is 1. The molecule has 1 amide bonds. The van der Waals surface area contributed by atoms with Gasteiger partial charge in [-0.15, -0.1) is 0 Å². The Hall–Kier alpha value is -2.54. The van der Waals surface area contributed by atoms with Crippen LogP contribution in [-0.2, 0) is 9.84 Å². The number of hydrogen-bond donors (Lipinski definition) is 0. The van der Waals surface area contributed by atoms with Crippen LogP contribution in [0.2, 0.25) is 0 Å². The van der Waals surface area contributed by atoms with E-state index in [0.29, 0.717) is 18.7 Å². The first-order valence-electron chi connectivity index (χ1n) is 8.37. The van der Waals surface area contributed by atoms with Crippen LogP contribution in [0.4, 0.5) is 5.69 Å². The Bertz CT molecular complexity index is 869. The minimum Gasteiger partial charge on any atom is -0.497 e. The molecule has 1 heterocycles. The minimum atomic E-state index is -3.25. The van der Waals surface area contributed by atoms with Gasteiger partial charge in [0.1, 0.15) is 5.75 Å². The van der Waals surface area contributed by atoms with Gasteiger partial charge in [0.25, 0.3) is 5.91 Å². The van der Waals surface area contributed by atoms with Crippen LogP contribution in [0.3, 0.4) is 0 Å². The topological polar surface area (TPSA) is 66.9 Å². The summed E-state index contributed by atoms with van der Waals surface area (Å²) in [5.74, 6) is 0.750. The number of carbonyl (C=O) groups is 1. The predicted molar refractivity (Wildman–Crippen MR) is 101 cm³/mol. The van der Waals surface area contributed by atoms with Crippen molar-refractivity contribution in [1.29, 1.82) is 0 Å². The first-order valence-corrected chi connectivity index (χ1v) is 10.3. The van der Waals surface area contributed by atoms with Crippen LogP contribution in [0.15, 0.2) is 53.4 Å². The summed E-state index contributed by atoms with van der Waals surface area (Å²) < 4.78 is 28.2. The van der Waals surface area contributed by atoms with Crippen molar-refractivity contribution in [3.05, 3.63) is 54.1 Å². The average Bonchev–Trinajstić information content (AvgIpc) is 2.67. The zero-order valence-electron chi connectivity index (χ0n) is 14.9. The summed E-state index contributed by atoms with van der Waals surface area (Å²) in [4.78, 5) is 16.9. The van der Waals surface area contributed by atoms with E-state index in [1.54, 1.807) is 24.1 Å². The second-order valence-electron chi connectivity index (χ2n) is 6.27. The lowest BCUT2D eigenvalue weighted by atomic mass is 10.1. The Morgan fingerprint density at radius 3 is 2.00 bits per heavy atom. The van der Waals surface area contributed by atoms with Crippen molar-refractivity contribution in [2.75, 3.05) is 44.4 Å². The van der Waals surface area contributed by atoms with Gasteiger partial charge in [0, 0.05) is 43.7 Å². The van der Waals surface area contributed by atoms with E-state index >= 15 is 0 Å². The quantitative estimate of drug-likeness (QED) is 0.820. The van der Waals surface area contributed by atoms with Crippen LogP contribution in [0, 0.1) is 0 Å². The molecule has 1 fully saturated rings. The van der Waals surface area contributed by atoms with Crippen molar-refractivity contribution in [1.82, 2.24) is 4.90 Å². The van der Waals surface area contributed by atoms with Crippen LogP contribution in [-0.4, -0.2) is 58.8 Å². The van der Waals surface area contributed by atoms with Crippen LogP contribution >= 0.6 is 0 Å². The molecular formula is C19H22N2O4S. The Morgan fingerprint density at radius 1 is 0.923 bits per heavy atom. The molecule has 0 bridgehead atoms. The highest BCUT2D eigenvalue weighted by Gasteiger charge is 2.22.